The second kappa shape index (κ2) is 8.22. The lowest BCUT2D eigenvalue weighted by molar-refractivity contribution is -0.143. The molecule has 2 heterocycles. The van der Waals surface area contributed by atoms with Gasteiger partial charge in [-0.2, -0.15) is 0 Å². The standard InChI is InChI=1S/C17H21N3O4S2/c1-2-20(7-14(22)23)13(21)9-25-8-12-18-16(24)15-10-5-3-4-6-11(10)26-17(15)19-12/h2-9H2,1H3,(H,22,23)(H,18,19,24). The van der Waals surface area contributed by atoms with Crippen molar-refractivity contribution in [1.82, 2.24) is 14.9 Å². The first-order valence-electron chi connectivity index (χ1n) is 8.60. The van der Waals surface area contributed by atoms with Crippen molar-refractivity contribution in [3.63, 3.8) is 0 Å². The number of rotatable bonds is 7. The van der Waals surface area contributed by atoms with Crippen molar-refractivity contribution in [2.75, 3.05) is 18.8 Å². The fraction of sp³-hybridized carbons (Fsp3) is 0.529. The summed E-state index contributed by atoms with van der Waals surface area (Å²) in [5.41, 5.74) is 1.06. The number of aromatic nitrogens is 2. The summed E-state index contributed by atoms with van der Waals surface area (Å²) < 4.78 is 0. The highest BCUT2D eigenvalue weighted by Gasteiger charge is 2.20. The van der Waals surface area contributed by atoms with Crippen LogP contribution in [0.15, 0.2) is 4.79 Å². The maximum atomic E-state index is 12.5. The van der Waals surface area contributed by atoms with Gasteiger partial charge in [0, 0.05) is 11.4 Å². The molecular formula is C17H21N3O4S2. The Kier molecular flexibility index (Phi) is 5.98. The van der Waals surface area contributed by atoms with Crippen molar-refractivity contribution >= 4 is 45.2 Å². The van der Waals surface area contributed by atoms with E-state index in [-0.39, 0.29) is 23.8 Å². The van der Waals surface area contributed by atoms with Gasteiger partial charge in [-0.3, -0.25) is 14.4 Å². The van der Waals surface area contributed by atoms with Crippen LogP contribution in [0.1, 0.15) is 36.0 Å². The number of nitrogens with one attached hydrogen (secondary N) is 1. The largest absolute Gasteiger partial charge is 0.480 e. The van der Waals surface area contributed by atoms with E-state index in [0.717, 1.165) is 41.5 Å². The van der Waals surface area contributed by atoms with Crippen molar-refractivity contribution in [3.05, 3.63) is 26.6 Å². The summed E-state index contributed by atoms with van der Waals surface area (Å²) in [6.45, 7) is 1.81. The van der Waals surface area contributed by atoms with Gasteiger partial charge in [-0.25, -0.2) is 4.98 Å². The van der Waals surface area contributed by atoms with Crippen LogP contribution in [-0.4, -0.2) is 50.7 Å². The molecule has 2 aromatic heterocycles. The van der Waals surface area contributed by atoms with Crippen LogP contribution >= 0.6 is 23.1 Å². The number of carbonyl (C=O) groups is 2. The first kappa shape index (κ1) is 18.9. The number of aryl methyl sites for hydroxylation is 2. The van der Waals surface area contributed by atoms with Gasteiger partial charge in [-0.1, -0.05) is 0 Å². The number of carbonyl (C=O) groups excluding carboxylic acids is 1. The fourth-order valence-corrected chi connectivity index (χ4v) is 5.21. The third kappa shape index (κ3) is 4.09. The predicted molar refractivity (Wildman–Crippen MR) is 103 cm³/mol. The summed E-state index contributed by atoms with van der Waals surface area (Å²) >= 11 is 2.93. The lowest BCUT2D eigenvalue weighted by Gasteiger charge is -2.18. The summed E-state index contributed by atoms with van der Waals surface area (Å²) in [7, 11) is 0. The zero-order chi connectivity index (χ0) is 18.7. The molecule has 140 valence electrons. The average Bonchev–Trinajstić information content (AvgIpc) is 2.98. The van der Waals surface area contributed by atoms with Crippen molar-refractivity contribution < 1.29 is 14.7 Å². The molecule has 0 unspecified atom stereocenters. The van der Waals surface area contributed by atoms with Crippen LogP contribution in [0.2, 0.25) is 0 Å². The van der Waals surface area contributed by atoms with Gasteiger partial charge in [0.15, 0.2) is 0 Å². The third-order valence-electron chi connectivity index (χ3n) is 4.40. The minimum atomic E-state index is -1.02. The van der Waals surface area contributed by atoms with Crippen molar-refractivity contribution in [2.45, 2.75) is 38.4 Å². The van der Waals surface area contributed by atoms with Crippen molar-refractivity contribution in [3.8, 4) is 0 Å². The molecule has 9 heteroatoms. The van der Waals surface area contributed by atoms with Crippen molar-refractivity contribution in [1.29, 1.82) is 0 Å². The van der Waals surface area contributed by atoms with E-state index in [4.69, 9.17) is 5.11 Å². The monoisotopic (exact) mass is 395 g/mol. The highest BCUT2D eigenvalue weighted by molar-refractivity contribution is 7.99. The lowest BCUT2D eigenvalue weighted by Crippen LogP contribution is -2.36. The van der Waals surface area contributed by atoms with E-state index in [9.17, 15) is 14.4 Å². The molecule has 2 N–H and O–H groups in total. The van der Waals surface area contributed by atoms with Crippen LogP contribution in [0.25, 0.3) is 10.2 Å². The second-order valence-corrected chi connectivity index (χ2v) is 8.27. The number of thioether (sulfide) groups is 1. The molecule has 1 aliphatic rings. The van der Waals surface area contributed by atoms with Crippen LogP contribution in [-0.2, 0) is 28.2 Å². The van der Waals surface area contributed by atoms with Gasteiger partial charge in [-0.05, 0) is 38.2 Å². The Hall–Kier alpha value is -1.87. The number of likely N-dealkylation sites (N-methyl/N-ethyl adjacent to an activating group) is 1. The number of carboxylic acids is 1. The Labute approximate surface area is 158 Å². The fourth-order valence-electron chi connectivity index (χ4n) is 3.14. The topological polar surface area (TPSA) is 103 Å². The Morgan fingerprint density at radius 3 is 2.85 bits per heavy atom. The molecule has 2 aromatic rings. The maximum absolute atomic E-state index is 12.5. The van der Waals surface area contributed by atoms with Crippen LogP contribution in [0.5, 0.6) is 0 Å². The normalized spacial score (nSPS) is 13.6. The smallest absolute Gasteiger partial charge is 0.323 e. The predicted octanol–water partition coefficient (Wildman–Crippen LogP) is 2.03. The zero-order valence-corrected chi connectivity index (χ0v) is 16.2. The van der Waals surface area contributed by atoms with E-state index in [1.54, 1.807) is 18.3 Å². The summed E-state index contributed by atoms with van der Waals surface area (Å²) in [4.78, 5) is 46.1. The molecular weight excluding hydrogens is 374 g/mol. The van der Waals surface area contributed by atoms with E-state index >= 15 is 0 Å². The number of H-pyrrole nitrogens is 1. The number of fused-ring (bicyclic) bond motifs is 3. The van der Waals surface area contributed by atoms with Crippen LogP contribution in [0.4, 0.5) is 0 Å². The molecule has 0 fully saturated rings. The van der Waals surface area contributed by atoms with E-state index in [1.165, 1.54) is 21.5 Å². The van der Waals surface area contributed by atoms with E-state index in [0.29, 0.717) is 18.1 Å². The highest BCUT2D eigenvalue weighted by Crippen LogP contribution is 2.33. The molecule has 7 nitrogen and oxygen atoms in total. The van der Waals surface area contributed by atoms with Gasteiger partial charge in [0.25, 0.3) is 5.56 Å². The Balaban J connectivity index is 1.67. The van der Waals surface area contributed by atoms with Gasteiger partial charge in [0.1, 0.15) is 17.2 Å². The van der Waals surface area contributed by atoms with E-state index < -0.39 is 5.97 Å². The molecule has 0 saturated heterocycles. The van der Waals surface area contributed by atoms with Crippen LogP contribution in [0.3, 0.4) is 0 Å². The minimum Gasteiger partial charge on any atom is -0.480 e. The summed E-state index contributed by atoms with van der Waals surface area (Å²) in [5.74, 6) is -0.133. The van der Waals surface area contributed by atoms with Gasteiger partial charge in [0.2, 0.25) is 5.91 Å². The number of carboxylic acid groups (broad SMARTS) is 1. The van der Waals surface area contributed by atoms with Gasteiger partial charge in [-0.15, -0.1) is 23.1 Å². The molecule has 0 aromatic carbocycles. The SMILES string of the molecule is CCN(CC(=O)O)C(=O)CSCc1nc2sc3c(c2c(=O)[nH]1)CCCC3. The number of thiophene rings is 1. The number of hydrogen-bond acceptors (Lipinski definition) is 6. The van der Waals surface area contributed by atoms with Crippen LogP contribution in [0, 0.1) is 0 Å². The first-order valence-corrected chi connectivity index (χ1v) is 10.6. The third-order valence-corrected chi connectivity index (χ3v) is 6.51. The average molecular weight is 396 g/mol. The molecule has 0 aliphatic heterocycles. The summed E-state index contributed by atoms with van der Waals surface area (Å²) in [5, 5.41) is 9.55. The Bertz CT molecular complexity index is 890. The number of hydrogen-bond donors (Lipinski definition) is 2. The molecule has 0 saturated carbocycles. The number of aromatic amines is 1. The van der Waals surface area contributed by atoms with Gasteiger partial charge in [0.05, 0.1) is 16.9 Å². The van der Waals surface area contributed by atoms with Crippen molar-refractivity contribution in [2.24, 2.45) is 0 Å². The Morgan fingerprint density at radius 2 is 2.12 bits per heavy atom. The summed E-state index contributed by atoms with van der Waals surface area (Å²) in [6, 6.07) is 0. The molecule has 26 heavy (non-hydrogen) atoms. The van der Waals surface area contributed by atoms with E-state index in [2.05, 4.69) is 9.97 Å². The van der Waals surface area contributed by atoms with Gasteiger partial charge < -0.3 is 15.0 Å². The molecule has 1 aliphatic carbocycles. The molecule has 0 spiro atoms. The Morgan fingerprint density at radius 1 is 1.35 bits per heavy atom. The highest BCUT2D eigenvalue weighted by atomic mass is 32.2. The molecule has 1 amide bonds. The molecule has 3 rings (SSSR count). The second-order valence-electron chi connectivity index (χ2n) is 6.20. The van der Waals surface area contributed by atoms with E-state index in [1.807, 2.05) is 0 Å². The molecule has 0 atom stereocenters. The summed E-state index contributed by atoms with van der Waals surface area (Å²) in [6.07, 6.45) is 4.24. The molecule has 0 bridgehead atoms. The lowest BCUT2D eigenvalue weighted by atomic mass is 9.97. The number of aliphatic carboxylic acids is 1. The maximum Gasteiger partial charge on any atom is 0.323 e. The first-order chi connectivity index (χ1) is 12.5. The van der Waals surface area contributed by atoms with Crippen LogP contribution < -0.4 is 5.56 Å². The quantitative estimate of drug-likeness (QED) is 0.743. The number of nitrogens with zero attached hydrogens (tertiary/aromatic N) is 2. The van der Waals surface area contributed by atoms with Gasteiger partial charge >= 0.3 is 5.97 Å². The number of amides is 1. The molecule has 0 radical (unpaired) electrons. The zero-order valence-electron chi connectivity index (χ0n) is 14.5. The minimum absolute atomic E-state index is 0.0996.